The Bertz CT molecular complexity index is 863. The Hall–Kier alpha value is -1.65. The van der Waals surface area contributed by atoms with Crippen LogP contribution in [0.3, 0.4) is 0 Å². The molecule has 1 aliphatic rings. The molecule has 10 heteroatoms. The minimum absolute atomic E-state index is 0.0720. The molecule has 1 aromatic carbocycles. The van der Waals surface area contributed by atoms with Gasteiger partial charge in [-0.2, -0.15) is 0 Å². The minimum atomic E-state index is -0.425. The van der Waals surface area contributed by atoms with E-state index >= 15 is 0 Å². The van der Waals surface area contributed by atoms with Gasteiger partial charge in [-0.3, -0.25) is 18.8 Å². The van der Waals surface area contributed by atoms with Crippen molar-refractivity contribution in [3.05, 3.63) is 45.9 Å². The van der Waals surface area contributed by atoms with Gasteiger partial charge in [0.1, 0.15) is 0 Å². The maximum Gasteiger partial charge on any atom is 0.229 e. The summed E-state index contributed by atoms with van der Waals surface area (Å²) in [4.78, 5) is 29.8. The highest BCUT2D eigenvalue weighted by Crippen LogP contribution is 2.27. The van der Waals surface area contributed by atoms with Gasteiger partial charge in [-0.15, -0.1) is 11.3 Å². The number of rotatable bonds is 8. The first-order valence-corrected chi connectivity index (χ1v) is 11.2. The largest absolute Gasteiger partial charge is 0.374 e. The van der Waals surface area contributed by atoms with Crippen LogP contribution in [-0.2, 0) is 27.3 Å². The minimum Gasteiger partial charge on any atom is -0.374 e. The molecule has 1 aromatic heterocycles. The Balaban J connectivity index is 1.57. The number of thiazole rings is 1. The third-order valence-corrected chi connectivity index (χ3v) is 6.62. The average molecular weight is 455 g/mol. The SMILES string of the molecule is CC(=O)N(C[C@@H]1CN(Cc2cccc(Cl)c2)CCO1)Sc1nc(CC(N)=O)cs1. The quantitative estimate of drug-likeness (QED) is 0.617. The summed E-state index contributed by atoms with van der Waals surface area (Å²) in [5.41, 5.74) is 6.98. The molecule has 29 heavy (non-hydrogen) atoms. The van der Waals surface area contributed by atoms with Crippen molar-refractivity contribution in [2.24, 2.45) is 5.73 Å². The molecule has 1 saturated heterocycles. The highest BCUT2D eigenvalue weighted by atomic mass is 35.5. The number of halogens is 1. The van der Waals surface area contributed by atoms with Crippen molar-refractivity contribution in [1.82, 2.24) is 14.2 Å². The van der Waals surface area contributed by atoms with Crippen molar-refractivity contribution in [3.63, 3.8) is 0 Å². The lowest BCUT2D eigenvalue weighted by Crippen LogP contribution is -2.46. The second-order valence-electron chi connectivity index (χ2n) is 6.78. The Kier molecular flexibility index (Phi) is 7.91. The van der Waals surface area contributed by atoms with Crippen LogP contribution in [-0.4, -0.2) is 58.3 Å². The number of ether oxygens (including phenoxy) is 1. The molecule has 3 rings (SSSR count). The van der Waals surface area contributed by atoms with Gasteiger partial charge < -0.3 is 10.5 Å². The van der Waals surface area contributed by atoms with Gasteiger partial charge in [-0.25, -0.2) is 4.98 Å². The predicted molar refractivity (Wildman–Crippen MR) is 115 cm³/mol. The highest BCUT2D eigenvalue weighted by Gasteiger charge is 2.25. The zero-order valence-corrected chi connectivity index (χ0v) is 18.4. The number of aromatic nitrogens is 1. The molecule has 1 aliphatic heterocycles. The Morgan fingerprint density at radius 1 is 1.48 bits per heavy atom. The molecule has 2 amide bonds. The summed E-state index contributed by atoms with van der Waals surface area (Å²) in [5, 5.41) is 2.51. The van der Waals surface area contributed by atoms with E-state index in [4.69, 9.17) is 22.1 Å². The van der Waals surface area contributed by atoms with E-state index in [1.54, 1.807) is 9.69 Å². The zero-order valence-electron chi connectivity index (χ0n) is 16.0. The Morgan fingerprint density at radius 2 is 2.31 bits per heavy atom. The molecule has 2 aromatic rings. The van der Waals surface area contributed by atoms with Crippen LogP contribution in [0.4, 0.5) is 0 Å². The van der Waals surface area contributed by atoms with E-state index in [-0.39, 0.29) is 18.4 Å². The summed E-state index contributed by atoms with van der Waals surface area (Å²) in [6.45, 7) is 4.94. The molecule has 156 valence electrons. The predicted octanol–water partition coefficient (Wildman–Crippen LogP) is 2.58. The van der Waals surface area contributed by atoms with Crippen LogP contribution < -0.4 is 5.73 Å². The van der Waals surface area contributed by atoms with Crippen molar-refractivity contribution < 1.29 is 14.3 Å². The zero-order chi connectivity index (χ0) is 20.8. The lowest BCUT2D eigenvalue weighted by Gasteiger charge is -2.35. The lowest BCUT2D eigenvalue weighted by molar-refractivity contribution is -0.126. The van der Waals surface area contributed by atoms with E-state index in [1.165, 1.54) is 30.2 Å². The van der Waals surface area contributed by atoms with E-state index in [1.807, 2.05) is 18.2 Å². The molecule has 1 atom stereocenters. The number of carbonyl (C=O) groups excluding carboxylic acids is 2. The number of morpholine rings is 1. The van der Waals surface area contributed by atoms with Gasteiger partial charge in [-0.1, -0.05) is 23.7 Å². The number of amides is 2. The molecule has 2 heterocycles. The molecule has 0 unspecified atom stereocenters. The number of nitrogens with zero attached hydrogens (tertiary/aromatic N) is 3. The summed E-state index contributed by atoms with van der Waals surface area (Å²) in [6.07, 6.45) is 0.00538. The van der Waals surface area contributed by atoms with Crippen LogP contribution in [0.5, 0.6) is 0 Å². The molecule has 0 radical (unpaired) electrons. The first-order valence-electron chi connectivity index (χ1n) is 9.16. The fourth-order valence-corrected chi connectivity index (χ4v) is 5.09. The summed E-state index contributed by atoms with van der Waals surface area (Å²) >= 11 is 8.74. The van der Waals surface area contributed by atoms with Crippen LogP contribution in [0, 0.1) is 0 Å². The van der Waals surface area contributed by atoms with E-state index in [9.17, 15) is 9.59 Å². The normalized spacial score (nSPS) is 17.2. The van der Waals surface area contributed by atoms with Gasteiger partial charge >= 0.3 is 0 Å². The van der Waals surface area contributed by atoms with E-state index < -0.39 is 5.91 Å². The molecule has 1 fully saturated rings. The number of benzene rings is 1. The molecule has 0 aliphatic carbocycles. The molecular weight excluding hydrogens is 432 g/mol. The fourth-order valence-electron chi connectivity index (χ4n) is 3.03. The van der Waals surface area contributed by atoms with Crippen molar-refractivity contribution in [2.45, 2.75) is 30.3 Å². The molecule has 0 saturated carbocycles. The van der Waals surface area contributed by atoms with Gasteiger partial charge in [0.05, 0.1) is 31.4 Å². The Labute approximate surface area is 183 Å². The average Bonchev–Trinajstić information content (AvgIpc) is 3.07. The van der Waals surface area contributed by atoms with Gasteiger partial charge in [0.2, 0.25) is 11.8 Å². The third-order valence-electron chi connectivity index (χ3n) is 4.31. The second-order valence-corrected chi connectivity index (χ2v) is 9.34. The summed E-state index contributed by atoms with van der Waals surface area (Å²) < 4.78 is 8.24. The topological polar surface area (TPSA) is 88.8 Å². The number of carbonyl (C=O) groups is 2. The van der Waals surface area contributed by atoms with Gasteiger partial charge in [0.15, 0.2) is 4.34 Å². The van der Waals surface area contributed by atoms with Crippen molar-refractivity contribution >= 4 is 46.7 Å². The van der Waals surface area contributed by atoms with Crippen LogP contribution in [0.15, 0.2) is 34.0 Å². The second kappa shape index (κ2) is 10.4. The van der Waals surface area contributed by atoms with Crippen molar-refractivity contribution in [3.8, 4) is 0 Å². The number of nitrogens with two attached hydrogens (primary N) is 1. The first-order chi connectivity index (χ1) is 13.9. The van der Waals surface area contributed by atoms with Crippen LogP contribution in [0.25, 0.3) is 0 Å². The van der Waals surface area contributed by atoms with E-state index in [2.05, 4.69) is 16.0 Å². The van der Waals surface area contributed by atoms with E-state index in [0.717, 1.165) is 30.2 Å². The summed E-state index contributed by atoms with van der Waals surface area (Å²) in [7, 11) is 0. The molecule has 0 bridgehead atoms. The molecule has 2 N–H and O–H groups in total. The third kappa shape index (κ3) is 6.97. The fraction of sp³-hybridized carbons (Fsp3) is 0.421. The Morgan fingerprint density at radius 3 is 3.03 bits per heavy atom. The first kappa shape index (κ1) is 22.0. The highest BCUT2D eigenvalue weighted by molar-refractivity contribution is 7.99. The number of primary amides is 1. The monoisotopic (exact) mass is 454 g/mol. The molecule has 7 nitrogen and oxygen atoms in total. The van der Waals surface area contributed by atoms with Gasteiger partial charge in [0.25, 0.3) is 0 Å². The number of hydrogen-bond acceptors (Lipinski definition) is 7. The smallest absolute Gasteiger partial charge is 0.229 e. The van der Waals surface area contributed by atoms with Crippen LogP contribution in [0.2, 0.25) is 5.02 Å². The van der Waals surface area contributed by atoms with Gasteiger partial charge in [0, 0.05) is 48.9 Å². The van der Waals surface area contributed by atoms with Crippen molar-refractivity contribution in [1.29, 1.82) is 0 Å². The summed E-state index contributed by atoms with van der Waals surface area (Å²) in [5.74, 6) is -0.497. The van der Waals surface area contributed by atoms with Crippen molar-refractivity contribution in [2.75, 3.05) is 26.2 Å². The maximum absolute atomic E-state index is 12.1. The van der Waals surface area contributed by atoms with E-state index in [0.29, 0.717) is 23.2 Å². The standard InChI is InChI=1S/C19H23ClN4O3S2/c1-13(25)24(29-19-22-16(12-28-19)8-18(21)26)11-17-10-23(5-6-27-17)9-14-3-2-4-15(20)7-14/h2-4,7,12,17H,5-6,8-11H2,1H3,(H2,21,26)/t17-/m0/s1. The van der Waals surface area contributed by atoms with Gasteiger partial charge in [-0.05, 0) is 17.7 Å². The van der Waals surface area contributed by atoms with Crippen LogP contribution >= 0.6 is 34.9 Å². The van der Waals surface area contributed by atoms with Crippen LogP contribution in [0.1, 0.15) is 18.2 Å². The molecular formula is C19H23ClN4O3S2. The maximum atomic E-state index is 12.1. The lowest BCUT2D eigenvalue weighted by atomic mass is 10.2. The molecule has 0 spiro atoms. The number of hydrogen-bond donors (Lipinski definition) is 1. The summed E-state index contributed by atoms with van der Waals surface area (Å²) in [6, 6.07) is 7.84.